The summed E-state index contributed by atoms with van der Waals surface area (Å²) in [5.74, 6) is 0.732. The standard InChI is InChI=1S/C14H12BrNO2/c1-18-14-8-6-13(7-9-14)16(17)10-11-2-4-12(15)5-3-11/h2-10H,1H3/b16-10-. The van der Waals surface area contributed by atoms with Gasteiger partial charge in [0.05, 0.1) is 7.11 Å². The Morgan fingerprint density at radius 3 is 2.22 bits per heavy atom. The molecule has 0 unspecified atom stereocenters. The lowest BCUT2D eigenvalue weighted by atomic mass is 10.2. The first-order valence-electron chi connectivity index (χ1n) is 5.40. The highest BCUT2D eigenvalue weighted by atomic mass is 79.9. The largest absolute Gasteiger partial charge is 0.618 e. The van der Waals surface area contributed by atoms with E-state index in [-0.39, 0.29) is 0 Å². The third-order valence-electron chi connectivity index (χ3n) is 2.46. The number of nitrogens with zero attached hydrogens (tertiary/aromatic N) is 1. The van der Waals surface area contributed by atoms with Crippen LogP contribution < -0.4 is 4.74 Å². The minimum absolute atomic E-state index is 0.568. The van der Waals surface area contributed by atoms with Gasteiger partial charge < -0.3 is 9.94 Å². The van der Waals surface area contributed by atoms with E-state index in [2.05, 4.69) is 15.9 Å². The minimum atomic E-state index is 0.568. The molecule has 0 aliphatic rings. The van der Waals surface area contributed by atoms with Crippen molar-refractivity contribution in [3.8, 4) is 5.75 Å². The van der Waals surface area contributed by atoms with Crippen molar-refractivity contribution in [1.29, 1.82) is 0 Å². The summed E-state index contributed by atoms with van der Waals surface area (Å²) in [6.07, 6.45) is 1.54. The molecule has 0 amide bonds. The van der Waals surface area contributed by atoms with E-state index in [9.17, 15) is 5.21 Å². The third-order valence-corrected chi connectivity index (χ3v) is 2.99. The summed E-state index contributed by atoms with van der Waals surface area (Å²) in [6, 6.07) is 14.5. The Balaban J connectivity index is 2.23. The molecule has 0 atom stereocenters. The van der Waals surface area contributed by atoms with Gasteiger partial charge in [-0.3, -0.25) is 0 Å². The van der Waals surface area contributed by atoms with E-state index in [0.717, 1.165) is 20.5 Å². The van der Waals surface area contributed by atoms with Crippen molar-refractivity contribution >= 4 is 27.8 Å². The number of hydrogen-bond acceptors (Lipinski definition) is 2. The van der Waals surface area contributed by atoms with Gasteiger partial charge in [0.1, 0.15) is 5.75 Å². The lowest BCUT2D eigenvalue weighted by Crippen LogP contribution is -1.98. The first-order chi connectivity index (χ1) is 8.69. The van der Waals surface area contributed by atoms with E-state index in [1.807, 2.05) is 24.3 Å². The summed E-state index contributed by atoms with van der Waals surface area (Å²) in [5.41, 5.74) is 1.42. The van der Waals surface area contributed by atoms with Gasteiger partial charge in [-0.2, -0.15) is 4.74 Å². The van der Waals surface area contributed by atoms with Crippen molar-refractivity contribution in [2.45, 2.75) is 0 Å². The van der Waals surface area contributed by atoms with Gasteiger partial charge in [-0.15, -0.1) is 0 Å². The fourth-order valence-electron chi connectivity index (χ4n) is 1.49. The van der Waals surface area contributed by atoms with Crippen LogP contribution in [0.3, 0.4) is 0 Å². The Labute approximate surface area is 114 Å². The van der Waals surface area contributed by atoms with E-state index in [1.54, 1.807) is 31.4 Å². The van der Waals surface area contributed by atoms with Crippen LogP contribution in [0, 0.1) is 5.21 Å². The normalized spacial score (nSPS) is 11.3. The smallest absolute Gasteiger partial charge is 0.216 e. The molecular formula is C14H12BrNO2. The summed E-state index contributed by atoms with van der Waals surface area (Å²) in [4.78, 5) is 0. The number of rotatable bonds is 3. The average Bonchev–Trinajstić information content (AvgIpc) is 2.41. The van der Waals surface area contributed by atoms with E-state index in [1.165, 1.54) is 6.21 Å². The van der Waals surface area contributed by atoms with Gasteiger partial charge in [0.25, 0.3) is 0 Å². The van der Waals surface area contributed by atoms with Gasteiger partial charge >= 0.3 is 0 Å². The molecule has 0 aromatic heterocycles. The second-order valence-corrected chi connectivity index (χ2v) is 4.62. The summed E-state index contributed by atoms with van der Waals surface area (Å²) in [7, 11) is 1.60. The van der Waals surface area contributed by atoms with Crippen LogP contribution in [-0.2, 0) is 0 Å². The topological polar surface area (TPSA) is 35.3 Å². The molecule has 0 fully saturated rings. The number of halogens is 1. The molecule has 2 aromatic carbocycles. The van der Waals surface area contributed by atoms with Gasteiger partial charge in [-0.1, -0.05) is 15.9 Å². The fraction of sp³-hybridized carbons (Fsp3) is 0.0714. The Morgan fingerprint density at radius 2 is 1.67 bits per heavy atom. The monoisotopic (exact) mass is 305 g/mol. The zero-order valence-corrected chi connectivity index (χ0v) is 11.4. The second-order valence-electron chi connectivity index (χ2n) is 3.70. The molecule has 92 valence electrons. The van der Waals surface area contributed by atoms with Gasteiger partial charge in [-0.05, 0) is 36.4 Å². The first kappa shape index (κ1) is 12.6. The van der Waals surface area contributed by atoms with Crippen LogP contribution in [0.5, 0.6) is 5.75 Å². The molecule has 0 N–H and O–H groups in total. The van der Waals surface area contributed by atoms with Crippen molar-refractivity contribution in [2.75, 3.05) is 7.11 Å². The summed E-state index contributed by atoms with van der Waals surface area (Å²) in [5, 5.41) is 11.9. The highest BCUT2D eigenvalue weighted by molar-refractivity contribution is 9.10. The maximum atomic E-state index is 11.9. The molecule has 0 radical (unpaired) electrons. The van der Waals surface area contributed by atoms with E-state index in [4.69, 9.17) is 4.74 Å². The highest BCUT2D eigenvalue weighted by Gasteiger charge is 2.02. The third kappa shape index (κ3) is 3.11. The fourth-order valence-corrected chi connectivity index (χ4v) is 1.75. The van der Waals surface area contributed by atoms with Crippen molar-refractivity contribution in [3.63, 3.8) is 0 Å². The molecule has 0 spiro atoms. The molecule has 3 nitrogen and oxygen atoms in total. The maximum absolute atomic E-state index is 11.9. The van der Waals surface area contributed by atoms with Crippen LogP contribution in [-0.4, -0.2) is 18.1 Å². The van der Waals surface area contributed by atoms with Crippen molar-refractivity contribution < 1.29 is 9.48 Å². The molecule has 2 rings (SSSR count). The van der Waals surface area contributed by atoms with Crippen LogP contribution in [0.1, 0.15) is 5.56 Å². The molecule has 0 saturated heterocycles. The molecule has 0 aliphatic heterocycles. The molecule has 2 aromatic rings. The van der Waals surface area contributed by atoms with Gasteiger partial charge in [0.2, 0.25) is 5.69 Å². The van der Waals surface area contributed by atoms with Gasteiger partial charge in [-0.25, -0.2) is 0 Å². The summed E-state index contributed by atoms with van der Waals surface area (Å²) < 4.78 is 6.87. The zero-order valence-electron chi connectivity index (χ0n) is 9.84. The lowest BCUT2D eigenvalue weighted by Gasteiger charge is -2.04. The predicted molar refractivity (Wildman–Crippen MR) is 75.6 cm³/mol. The number of ether oxygens (including phenoxy) is 1. The molecule has 0 saturated carbocycles. The van der Waals surface area contributed by atoms with E-state index >= 15 is 0 Å². The summed E-state index contributed by atoms with van der Waals surface area (Å²) in [6.45, 7) is 0. The van der Waals surface area contributed by atoms with Gasteiger partial charge in [0, 0.05) is 22.2 Å². The number of hydrogen-bond donors (Lipinski definition) is 0. The van der Waals surface area contributed by atoms with Crippen LogP contribution in [0.4, 0.5) is 5.69 Å². The minimum Gasteiger partial charge on any atom is -0.618 e. The first-order valence-corrected chi connectivity index (χ1v) is 6.19. The highest BCUT2D eigenvalue weighted by Crippen LogP contribution is 2.17. The van der Waals surface area contributed by atoms with Crippen LogP contribution in [0.15, 0.2) is 53.0 Å². The SMILES string of the molecule is COc1ccc(/[N+]([O-])=C/c2ccc(Br)cc2)cc1. The average molecular weight is 306 g/mol. The number of benzene rings is 2. The van der Waals surface area contributed by atoms with Gasteiger partial charge in [0.15, 0.2) is 6.21 Å². The molecule has 4 heteroatoms. The lowest BCUT2D eigenvalue weighted by molar-refractivity contribution is -0.354. The Morgan fingerprint density at radius 1 is 1.06 bits per heavy atom. The second kappa shape index (κ2) is 5.69. The molecule has 0 bridgehead atoms. The Kier molecular flexibility index (Phi) is 3.99. The molecule has 0 aliphatic carbocycles. The quantitative estimate of drug-likeness (QED) is 0.375. The van der Waals surface area contributed by atoms with Crippen molar-refractivity contribution in [3.05, 3.63) is 63.8 Å². The number of methoxy groups -OCH3 is 1. The Hall–Kier alpha value is -1.81. The zero-order chi connectivity index (χ0) is 13.0. The maximum Gasteiger partial charge on any atom is 0.216 e. The van der Waals surface area contributed by atoms with E-state index < -0.39 is 0 Å². The van der Waals surface area contributed by atoms with Crippen LogP contribution in [0.2, 0.25) is 0 Å². The molecular weight excluding hydrogens is 294 g/mol. The van der Waals surface area contributed by atoms with Crippen molar-refractivity contribution in [2.24, 2.45) is 0 Å². The molecule has 18 heavy (non-hydrogen) atoms. The van der Waals surface area contributed by atoms with Crippen LogP contribution in [0.25, 0.3) is 0 Å². The molecule has 0 heterocycles. The Bertz CT molecular complexity index is 547. The van der Waals surface area contributed by atoms with E-state index in [0.29, 0.717) is 5.69 Å². The predicted octanol–water partition coefficient (Wildman–Crippen LogP) is 3.72. The van der Waals surface area contributed by atoms with Crippen LogP contribution >= 0.6 is 15.9 Å². The van der Waals surface area contributed by atoms with Crippen molar-refractivity contribution in [1.82, 2.24) is 0 Å². The summed E-state index contributed by atoms with van der Waals surface area (Å²) >= 11 is 3.35.